The van der Waals surface area contributed by atoms with Crippen molar-refractivity contribution >= 4 is 23.8 Å². The average Bonchev–Trinajstić information content (AvgIpc) is 3.32. The number of alkyl halides is 6. The number of carbonyl (C=O) groups excluding carboxylic acids is 2. The van der Waals surface area contributed by atoms with E-state index < -0.39 is 30.2 Å². The average molecular weight is 615 g/mol. The second kappa shape index (κ2) is 13.5. The van der Waals surface area contributed by atoms with Crippen molar-refractivity contribution in [2.75, 3.05) is 26.2 Å². The minimum absolute atomic E-state index is 0.00379. The van der Waals surface area contributed by atoms with Gasteiger partial charge in [0.05, 0.1) is 6.04 Å². The topological polar surface area (TPSA) is 171 Å². The number of hydrogen-bond donors (Lipinski definition) is 3. The molecule has 4 rings (SSSR count). The minimum Gasteiger partial charge on any atom is -0.475 e. The number of carboxylic acids is 2. The summed E-state index contributed by atoms with van der Waals surface area (Å²) in [5, 5.41) is 25.4. The number of piperazine rings is 1. The molecule has 0 bridgehead atoms. The zero-order chi connectivity index (χ0) is 32.0. The largest absolute Gasteiger partial charge is 0.490 e. The predicted octanol–water partition coefficient (Wildman–Crippen LogP) is 1.73. The third-order valence-corrected chi connectivity index (χ3v) is 5.55. The summed E-state index contributed by atoms with van der Waals surface area (Å²) < 4.78 is 78.7. The monoisotopic (exact) mass is 615 g/mol. The molecule has 42 heavy (non-hydrogen) atoms. The number of hydrogen-bond acceptors (Lipinski definition) is 8. The molecule has 0 aromatic carbocycles. The molecule has 3 N–H and O–H groups in total. The molecule has 0 spiro atoms. The van der Waals surface area contributed by atoms with E-state index >= 15 is 0 Å². The van der Waals surface area contributed by atoms with Crippen molar-refractivity contribution in [2.45, 2.75) is 44.8 Å². The number of carboxylic acid groups (broad SMARTS) is 2. The van der Waals surface area contributed by atoms with Crippen LogP contribution in [0, 0.1) is 5.95 Å². The highest BCUT2D eigenvalue weighted by Gasteiger charge is 2.40. The van der Waals surface area contributed by atoms with Gasteiger partial charge in [-0.25, -0.2) is 14.6 Å². The molecule has 2 amide bonds. The molecular formula is C22H24F7N7O6. The normalized spacial score (nSPS) is 16.6. The molecule has 232 valence electrons. The molecule has 20 heteroatoms. The fourth-order valence-corrected chi connectivity index (χ4v) is 3.74. The quantitative estimate of drug-likeness (QED) is 0.341. The lowest BCUT2D eigenvalue weighted by atomic mass is 10.1. The summed E-state index contributed by atoms with van der Waals surface area (Å²) in [6, 6.07) is 2.51. The first kappa shape index (κ1) is 33.8. The van der Waals surface area contributed by atoms with Crippen molar-refractivity contribution in [3.8, 4) is 0 Å². The molecule has 1 fully saturated rings. The number of aromatic nitrogens is 4. The van der Waals surface area contributed by atoms with Gasteiger partial charge in [0.2, 0.25) is 11.8 Å². The summed E-state index contributed by atoms with van der Waals surface area (Å²) in [5.74, 6) is -5.71. The molecule has 2 aliphatic heterocycles. The molecule has 0 saturated carbocycles. The maximum absolute atomic E-state index is 13.4. The Morgan fingerprint density at radius 1 is 0.952 bits per heavy atom. The molecule has 0 radical (unpaired) electrons. The number of pyridine rings is 1. The lowest BCUT2D eigenvalue weighted by Gasteiger charge is -2.43. The van der Waals surface area contributed by atoms with Gasteiger partial charge in [-0.1, -0.05) is 0 Å². The van der Waals surface area contributed by atoms with Crippen molar-refractivity contribution in [3.05, 3.63) is 41.5 Å². The van der Waals surface area contributed by atoms with E-state index in [0.717, 1.165) is 12.6 Å². The summed E-state index contributed by atoms with van der Waals surface area (Å²) in [5.41, 5.74) is 0.273. The van der Waals surface area contributed by atoms with Crippen molar-refractivity contribution in [2.24, 2.45) is 0 Å². The van der Waals surface area contributed by atoms with E-state index in [1.807, 2.05) is 18.4 Å². The van der Waals surface area contributed by atoms with Gasteiger partial charge in [-0.05, 0) is 19.9 Å². The molecule has 4 heterocycles. The van der Waals surface area contributed by atoms with Gasteiger partial charge >= 0.3 is 24.3 Å². The third-order valence-electron chi connectivity index (χ3n) is 5.55. The molecule has 1 saturated heterocycles. The van der Waals surface area contributed by atoms with E-state index in [1.165, 1.54) is 12.3 Å². The van der Waals surface area contributed by atoms with E-state index in [2.05, 4.69) is 25.4 Å². The van der Waals surface area contributed by atoms with E-state index in [1.54, 1.807) is 4.90 Å². The Kier molecular flexibility index (Phi) is 10.9. The highest BCUT2D eigenvalue weighted by atomic mass is 19.4. The number of fused-ring (bicyclic) bond motifs is 3. The van der Waals surface area contributed by atoms with Crippen molar-refractivity contribution in [3.63, 3.8) is 0 Å². The van der Waals surface area contributed by atoms with E-state index in [9.17, 15) is 40.3 Å². The first-order valence-electron chi connectivity index (χ1n) is 11.8. The molecule has 2 aromatic rings. The van der Waals surface area contributed by atoms with Crippen LogP contribution < -0.4 is 5.32 Å². The molecule has 2 aromatic heterocycles. The van der Waals surface area contributed by atoms with Gasteiger partial charge in [0.1, 0.15) is 0 Å². The maximum atomic E-state index is 13.4. The summed E-state index contributed by atoms with van der Waals surface area (Å²) >= 11 is 0. The first-order valence-corrected chi connectivity index (χ1v) is 11.8. The Balaban J connectivity index is 0.000000367. The maximum Gasteiger partial charge on any atom is 0.490 e. The van der Waals surface area contributed by atoms with Crippen molar-refractivity contribution in [1.82, 2.24) is 34.9 Å². The fourth-order valence-electron chi connectivity index (χ4n) is 3.74. The first-order chi connectivity index (χ1) is 19.3. The summed E-state index contributed by atoms with van der Waals surface area (Å²) in [6.07, 6.45) is -8.88. The van der Waals surface area contributed by atoms with Gasteiger partial charge in [0.25, 0.3) is 11.8 Å². The van der Waals surface area contributed by atoms with Crippen LogP contribution in [0.3, 0.4) is 0 Å². The van der Waals surface area contributed by atoms with Gasteiger partial charge in [0.15, 0.2) is 5.82 Å². The van der Waals surface area contributed by atoms with Gasteiger partial charge in [0, 0.05) is 56.6 Å². The highest BCUT2D eigenvalue weighted by molar-refractivity contribution is 5.94. The van der Waals surface area contributed by atoms with Gasteiger partial charge in [-0.3, -0.25) is 14.5 Å². The van der Waals surface area contributed by atoms with E-state index in [-0.39, 0.29) is 29.5 Å². The van der Waals surface area contributed by atoms with Crippen LogP contribution >= 0.6 is 0 Å². The van der Waals surface area contributed by atoms with Gasteiger partial charge in [-0.2, -0.15) is 30.7 Å². The molecular weight excluding hydrogens is 591 g/mol. The Labute approximate surface area is 231 Å². The fraction of sp³-hybridized carbons (Fsp3) is 0.500. The van der Waals surface area contributed by atoms with Crippen LogP contribution in [-0.4, -0.2) is 108 Å². The zero-order valence-corrected chi connectivity index (χ0v) is 21.8. The zero-order valence-electron chi connectivity index (χ0n) is 21.8. The number of nitrogens with zero attached hydrogens (tertiary/aromatic N) is 6. The highest BCUT2D eigenvalue weighted by Crippen LogP contribution is 2.29. The Bertz CT molecular complexity index is 1280. The second-order valence-corrected chi connectivity index (χ2v) is 8.94. The lowest BCUT2D eigenvalue weighted by Crippen LogP contribution is -2.53. The molecule has 1 atom stereocenters. The summed E-state index contributed by atoms with van der Waals surface area (Å²) in [6.45, 7) is 6.80. The number of carbonyl (C=O) groups is 4. The van der Waals surface area contributed by atoms with Crippen LogP contribution in [0.4, 0.5) is 30.7 Å². The van der Waals surface area contributed by atoms with Crippen molar-refractivity contribution in [1.29, 1.82) is 0 Å². The SMILES string of the molecule is CC(C)NC(=O)c1nnc2n1CCN1CCN(C(=O)c3ccnc(F)c3)CC21.O=C(O)C(F)(F)F.O=C(O)C(F)(F)F. The third kappa shape index (κ3) is 9.08. The van der Waals surface area contributed by atoms with Crippen LogP contribution in [0.2, 0.25) is 0 Å². The Morgan fingerprint density at radius 3 is 2.00 bits per heavy atom. The molecule has 0 aliphatic carbocycles. The van der Waals surface area contributed by atoms with Crippen LogP contribution in [-0.2, 0) is 16.1 Å². The number of halogens is 7. The van der Waals surface area contributed by atoms with Crippen LogP contribution in [0.25, 0.3) is 0 Å². The lowest BCUT2D eigenvalue weighted by molar-refractivity contribution is -0.193. The van der Waals surface area contributed by atoms with Crippen LogP contribution in [0.5, 0.6) is 0 Å². The number of aliphatic carboxylic acids is 2. The summed E-state index contributed by atoms with van der Waals surface area (Å²) in [4.78, 5) is 50.4. The van der Waals surface area contributed by atoms with E-state index in [0.29, 0.717) is 37.8 Å². The Morgan fingerprint density at radius 2 is 1.50 bits per heavy atom. The number of nitrogens with one attached hydrogen (secondary N) is 1. The second-order valence-electron chi connectivity index (χ2n) is 8.94. The molecule has 13 nitrogen and oxygen atoms in total. The number of rotatable bonds is 3. The van der Waals surface area contributed by atoms with Crippen LogP contribution in [0.1, 0.15) is 46.7 Å². The van der Waals surface area contributed by atoms with Gasteiger partial charge in [-0.15, -0.1) is 10.2 Å². The minimum atomic E-state index is -5.08. The van der Waals surface area contributed by atoms with Crippen molar-refractivity contribution < 1.29 is 60.1 Å². The smallest absolute Gasteiger partial charge is 0.475 e. The van der Waals surface area contributed by atoms with Crippen LogP contribution in [0.15, 0.2) is 18.3 Å². The predicted molar refractivity (Wildman–Crippen MR) is 124 cm³/mol. The standard InChI is InChI=1S/C18H22FN7O2.2C2HF3O2/c1-11(2)21-17(27)16-23-22-15-13-10-25(6-5-24(13)7-8-26(15)16)18(28)12-3-4-20-14(19)9-12;2*3-2(4,5)1(6)7/h3-4,9,11,13H,5-8,10H2,1-2H3,(H,21,27);2*(H,6,7). The van der Waals surface area contributed by atoms with Gasteiger partial charge < -0.3 is 25.0 Å². The summed E-state index contributed by atoms with van der Waals surface area (Å²) in [7, 11) is 0. The molecule has 2 aliphatic rings. The van der Waals surface area contributed by atoms with E-state index in [4.69, 9.17) is 19.8 Å². The molecule has 1 unspecified atom stereocenters. The number of amides is 2. The Hall–Kier alpha value is -4.36.